The Bertz CT molecular complexity index is 1160. The van der Waals surface area contributed by atoms with Gasteiger partial charge in [-0.05, 0) is 52.4 Å². The number of hydrogen-bond acceptors (Lipinski definition) is 9. The van der Waals surface area contributed by atoms with Crippen molar-refractivity contribution < 1.29 is 28.6 Å². The molecule has 254 valence electrons. The summed E-state index contributed by atoms with van der Waals surface area (Å²) in [6.07, 6.45) is 3.62. The first kappa shape index (κ1) is 36.5. The van der Waals surface area contributed by atoms with Crippen molar-refractivity contribution in [2.24, 2.45) is 11.8 Å². The normalized spacial score (nSPS) is 20.8. The molecule has 1 unspecified atom stereocenters. The minimum atomic E-state index is -0.706. The van der Waals surface area contributed by atoms with E-state index in [0.29, 0.717) is 49.9 Å². The molecule has 45 heavy (non-hydrogen) atoms. The lowest BCUT2D eigenvalue weighted by Crippen LogP contribution is -2.58. The number of rotatable bonds is 11. The Labute approximate surface area is 269 Å². The van der Waals surface area contributed by atoms with Gasteiger partial charge in [0.05, 0.1) is 12.0 Å². The molecule has 0 saturated carbocycles. The second-order valence-electron chi connectivity index (χ2n) is 14.7. The average molecular weight is 633 g/mol. The van der Waals surface area contributed by atoms with Crippen molar-refractivity contribution in [1.82, 2.24) is 24.7 Å². The number of aromatic nitrogens is 2. The number of nitrogens with zero attached hydrogens (tertiary/aromatic N) is 5. The summed E-state index contributed by atoms with van der Waals surface area (Å²) >= 11 is 0. The third-order valence-corrected chi connectivity index (χ3v) is 7.95. The summed E-state index contributed by atoms with van der Waals surface area (Å²) in [7, 11) is 3.27. The molecule has 3 rings (SSSR count). The van der Waals surface area contributed by atoms with Crippen molar-refractivity contribution in [3.8, 4) is 0 Å². The summed E-state index contributed by atoms with van der Waals surface area (Å²) in [4.78, 5) is 56.4. The topological polar surface area (TPSA) is 126 Å². The van der Waals surface area contributed by atoms with E-state index in [1.807, 2.05) is 55.4 Å². The summed E-state index contributed by atoms with van der Waals surface area (Å²) in [6.45, 7) is 18.3. The number of piperidine rings is 1. The van der Waals surface area contributed by atoms with Crippen molar-refractivity contribution >= 4 is 23.7 Å². The quantitative estimate of drug-likeness (QED) is 0.350. The van der Waals surface area contributed by atoms with Crippen LogP contribution in [0.4, 0.5) is 10.6 Å². The minimum Gasteiger partial charge on any atom is -0.444 e. The first-order chi connectivity index (χ1) is 21.1. The lowest BCUT2D eigenvalue weighted by atomic mass is 9.91. The number of ether oxygens (including phenoxy) is 3. The highest BCUT2D eigenvalue weighted by Crippen LogP contribution is 2.30. The van der Waals surface area contributed by atoms with E-state index < -0.39 is 23.7 Å². The monoisotopic (exact) mass is 632 g/mol. The number of methoxy groups -OCH3 is 2. The highest BCUT2D eigenvalue weighted by Gasteiger charge is 2.43. The van der Waals surface area contributed by atoms with Crippen LogP contribution in [0.1, 0.15) is 97.3 Å². The van der Waals surface area contributed by atoms with Crippen molar-refractivity contribution in [2.45, 2.75) is 104 Å². The summed E-state index contributed by atoms with van der Waals surface area (Å²) in [5.41, 5.74) is -0.664. The largest absolute Gasteiger partial charge is 0.444 e. The molecule has 2 aliphatic rings. The van der Waals surface area contributed by atoms with Gasteiger partial charge < -0.3 is 34.2 Å². The van der Waals surface area contributed by atoms with Crippen LogP contribution in [0.25, 0.3) is 0 Å². The van der Waals surface area contributed by atoms with Gasteiger partial charge in [-0.3, -0.25) is 9.59 Å². The van der Waals surface area contributed by atoms with E-state index >= 15 is 0 Å². The first-order valence-corrected chi connectivity index (χ1v) is 16.3. The fraction of sp³-hybridized carbons (Fsp3) is 0.788. The van der Waals surface area contributed by atoms with Crippen LogP contribution in [0, 0.1) is 11.8 Å². The number of carbonyl (C=O) groups excluding carboxylic acids is 3. The molecule has 3 heterocycles. The predicted molar refractivity (Wildman–Crippen MR) is 173 cm³/mol. The van der Waals surface area contributed by atoms with Gasteiger partial charge in [0.2, 0.25) is 5.91 Å². The molecule has 0 spiro atoms. The third-order valence-electron chi connectivity index (χ3n) is 7.95. The fourth-order valence-corrected chi connectivity index (χ4v) is 5.82. The molecule has 0 bridgehead atoms. The number of anilines is 1. The summed E-state index contributed by atoms with van der Waals surface area (Å²) in [6, 6.07) is -0.428. The Morgan fingerprint density at radius 3 is 2.42 bits per heavy atom. The maximum atomic E-state index is 14.5. The zero-order chi connectivity index (χ0) is 33.5. The van der Waals surface area contributed by atoms with Gasteiger partial charge in [-0.15, -0.1) is 0 Å². The SMILES string of the molecule is COCCCNc1nc(C(C)(C)C)ncc1C(=O)N(CC(C)C)[C@H]1C[C@@H](C(=O)N2CCCC2OC)CN(C(=O)OC(C)(C)C)C1. The molecule has 1 aromatic heterocycles. The molecule has 3 atom stereocenters. The second kappa shape index (κ2) is 15.5. The third kappa shape index (κ3) is 10.00. The van der Waals surface area contributed by atoms with E-state index in [0.717, 1.165) is 19.3 Å². The zero-order valence-electron chi connectivity index (χ0n) is 29.1. The van der Waals surface area contributed by atoms with Crippen LogP contribution in [0.3, 0.4) is 0 Å². The molecule has 0 radical (unpaired) electrons. The molecule has 12 nitrogen and oxygen atoms in total. The van der Waals surface area contributed by atoms with Gasteiger partial charge in [0.25, 0.3) is 5.91 Å². The zero-order valence-corrected chi connectivity index (χ0v) is 29.1. The molecule has 12 heteroatoms. The number of likely N-dealkylation sites (tertiary alicyclic amines) is 2. The van der Waals surface area contributed by atoms with Crippen LogP contribution in [0.15, 0.2) is 6.20 Å². The maximum Gasteiger partial charge on any atom is 0.410 e. The summed E-state index contributed by atoms with van der Waals surface area (Å²) in [5.74, 6) is 0.410. The van der Waals surface area contributed by atoms with E-state index in [1.165, 1.54) is 0 Å². The van der Waals surface area contributed by atoms with Crippen molar-refractivity contribution in [3.63, 3.8) is 0 Å². The van der Waals surface area contributed by atoms with E-state index in [1.54, 1.807) is 35.1 Å². The molecule has 3 amide bonds. The average Bonchev–Trinajstić information content (AvgIpc) is 3.44. The van der Waals surface area contributed by atoms with E-state index in [2.05, 4.69) is 10.3 Å². The molecular weight excluding hydrogens is 576 g/mol. The Morgan fingerprint density at radius 2 is 1.82 bits per heavy atom. The maximum absolute atomic E-state index is 14.5. The Balaban J connectivity index is 2.01. The lowest BCUT2D eigenvalue weighted by molar-refractivity contribution is -0.146. The van der Waals surface area contributed by atoms with Crippen LogP contribution in [-0.2, 0) is 24.4 Å². The van der Waals surface area contributed by atoms with Crippen LogP contribution >= 0.6 is 0 Å². The predicted octanol–water partition coefficient (Wildman–Crippen LogP) is 4.54. The molecule has 2 fully saturated rings. The van der Waals surface area contributed by atoms with Gasteiger partial charge in [-0.2, -0.15) is 0 Å². The van der Waals surface area contributed by atoms with E-state index in [9.17, 15) is 14.4 Å². The minimum absolute atomic E-state index is 0.0621. The molecule has 2 aliphatic heterocycles. The van der Waals surface area contributed by atoms with Crippen LogP contribution in [0.2, 0.25) is 0 Å². The standard InChI is InChI=1S/C33H56N6O6/c1-22(2)19-39(29(41)25-18-35-30(32(3,4)5)36-27(25)34-14-12-16-43-9)24-17-23(28(40)38-15-11-13-26(38)44-10)20-37(21-24)31(42)45-33(6,7)8/h18,22-24,26H,11-17,19-21H2,1-10H3,(H,34,35,36)/t23-,24+,26?/m1/s1. The van der Waals surface area contributed by atoms with Crippen LogP contribution in [-0.4, -0.2) is 114 Å². The summed E-state index contributed by atoms with van der Waals surface area (Å²) < 4.78 is 16.6. The van der Waals surface area contributed by atoms with Crippen molar-refractivity contribution in [2.75, 3.05) is 58.9 Å². The lowest BCUT2D eigenvalue weighted by Gasteiger charge is -2.44. The molecule has 2 saturated heterocycles. The summed E-state index contributed by atoms with van der Waals surface area (Å²) in [5, 5.41) is 3.34. The Morgan fingerprint density at radius 1 is 1.11 bits per heavy atom. The van der Waals surface area contributed by atoms with E-state index in [4.69, 9.17) is 19.2 Å². The number of carbonyl (C=O) groups is 3. The van der Waals surface area contributed by atoms with Crippen molar-refractivity contribution in [3.05, 3.63) is 17.6 Å². The molecular formula is C33H56N6O6. The van der Waals surface area contributed by atoms with Crippen LogP contribution in [0.5, 0.6) is 0 Å². The van der Waals surface area contributed by atoms with Gasteiger partial charge >= 0.3 is 6.09 Å². The molecule has 0 aromatic carbocycles. The highest BCUT2D eigenvalue weighted by molar-refractivity contribution is 5.98. The molecule has 1 N–H and O–H groups in total. The fourth-order valence-electron chi connectivity index (χ4n) is 5.82. The number of hydrogen-bond donors (Lipinski definition) is 1. The molecule has 0 aliphatic carbocycles. The van der Waals surface area contributed by atoms with Gasteiger partial charge in [-0.1, -0.05) is 34.6 Å². The number of amides is 3. The van der Waals surface area contributed by atoms with Gasteiger partial charge in [-0.25, -0.2) is 14.8 Å². The Kier molecular flexibility index (Phi) is 12.6. The second-order valence-corrected chi connectivity index (χ2v) is 14.7. The van der Waals surface area contributed by atoms with Gasteiger partial charge in [0.15, 0.2) is 0 Å². The van der Waals surface area contributed by atoms with Crippen molar-refractivity contribution in [1.29, 1.82) is 0 Å². The Hall–Kier alpha value is -2.99. The first-order valence-electron chi connectivity index (χ1n) is 16.3. The van der Waals surface area contributed by atoms with E-state index in [-0.39, 0.29) is 42.5 Å². The smallest absolute Gasteiger partial charge is 0.410 e. The van der Waals surface area contributed by atoms with Crippen LogP contribution < -0.4 is 5.32 Å². The van der Waals surface area contributed by atoms with Gasteiger partial charge in [0.1, 0.15) is 29.0 Å². The molecule has 1 aromatic rings. The van der Waals surface area contributed by atoms with Gasteiger partial charge in [0, 0.05) is 65.2 Å². The highest BCUT2D eigenvalue weighted by atomic mass is 16.6. The number of nitrogens with one attached hydrogen (secondary N) is 1.